The highest BCUT2D eigenvalue weighted by atomic mass is 32.2. The van der Waals surface area contributed by atoms with Gasteiger partial charge >= 0.3 is 0 Å². The molecule has 0 spiro atoms. The van der Waals surface area contributed by atoms with Crippen LogP contribution in [0.5, 0.6) is 0 Å². The molecule has 0 bridgehead atoms. The summed E-state index contributed by atoms with van der Waals surface area (Å²) in [5, 5.41) is 3.09. The zero-order valence-corrected chi connectivity index (χ0v) is 12.2. The average Bonchev–Trinajstić information content (AvgIpc) is 3.13. The largest absolute Gasteiger partial charge is 0.318 e. The molecule has 2 aliphatic rings. The molecular weight excluding hydrogens is 250 g/mol. The Kier molecular flexibility index (Phi) is 4.64. The molecule has 1 heterocycles. The van der Waals surface area contributed by atoms with E-state index in [1.54, 1.807) is 4.31 Å². The third-order valence-corrected chi connectivity index (χ3v) is 5.75. The van der Waals surface area contributed by atoms with Gasteiger partial charge in [-0.1, -0.05) is 6.42 Å². The van der Waals surface area contributed by atoms with E-state index in [0.29, 0.717) is 12.5 Å². The molecule has 0 radical (unpaired) electrons. The van der Waals surface area contributed by atoms with Gasteiger partial charge < -0.3 is 5.32 Å². The fourth-order valence-electron chi connectivity index (χ4n) is 2.73. The standard InChI is InChI=1S/C12H25N3O2S/c1-10(11-6-7-11)14-18(16,17)15-8-4-3-5-12(15)9-13-2/h10-14H,3-9H2,1-2H3. The lowest BCUT2D eigenvalue weighted by atomic mass is 10.1. The van der Waals surface area contributed by atoms with Gasteiger partial charge in [-0.3, -0.25) is 0 Å². The summed E-state index contributed by atoms with van der Waals surface area (Å²) in [6.45, 7) is 3.37. The monoisotopic (exact) mass is 275 g/mol. The van der Waals surface area contributed by atoms with Crippen molar-refractivity contribution in [2.24, 2.45) is 5.92 Å². The summed E-state index contributed by atoms with van der Waals surface area (Å²) < 4.78 is 29.3. The molecule has 5 nitrogen and oxygen atoms in total. The summed E-state index contributed by atoms with van der Waals surface area (Å²) in [5.74, 6) is 0.548. The van der Waals surface area contributed by atoms with Gasteiger partial charge in [-0.05, 0) is 45.6 Å². The first kappa shape index (κ1) is 14.2. The number of hydrogen-bond donors (Lipinski definition) is 2. The van der Waals surface area contributed by atoms with Gasteiger partial charge in [0.2, 0.25) is 0 Å². The number of likely N-dealkylation sites (N-methyl/N-ethyl adjacent to an activating group) is 1. The van der Waals surface area contributed by atoms with Gasteiger partial charge in [0.05, 0.1) is 0 Å². The molecule has 1 saturated heterocycles. The summed E-state index contributed by atoms with van der Waals surface area (Å²) >= 11 is 0. The van der Waals surface area contributed by atoms with Crippen LogP contribution in [0.2, 0.25) is 0 Å². The number of rotatable bonds is 6. The van der Waals surface area contributed by atoms with Gasteiger partial charge in [0, 0.05) is 25.2 Å². The highest BCUT2D eigenvalue weighted by Crippen LogP contribution is 2.33. The summed E-state index contributed by atoms with van der Waals surface area (Å²) in [7, 11) is -1.44. The fourth-order valence-corrected chi connectivity index (χ4v) is 4.46. The SMILES string of the molecule is CNCC1CCCCN1S(=O)(=O)NC(C)C1CC1. The summed E-state index contributed by atoms with van der Waals surface area (Å²) in [6.07, 6.45) is 5.36. The van der Waals surface area contributed by atoms with Gasteiger partial charge in [-0.25, -0.2) is 0 Å². The van der Waals surface area contributed by atoms with Crippen molar-refractivity contribution in [2.75, 3.05) is 20.1 Å². The van der Waals surface area contributed by atoms with Gasteiger partial charge in [0.15, 0.2) is 0 Å². The third kappa shape index (κ3) is 3.44. The van der Waals surface area contributed by atoms with Crippen LogP contribution >= 0.6 is 0 Å². The van der Waals surface area contributed by atoms with Crippen LogP contribution in [-0.2, 0) is 10.2 Å². The molecule has 1 aliphatic heterocycles. The lowest BCUT2D eigenvalue weighted by Gasteiger charge is -2.35. The van der Waals surface area contributed by atoms with Crippen molar-refractivity contribution in [1.82, 2.24) is 14.3 Å². The first-order valence-corrected chi connectivity index (χ1v) is 8.42. The van der Waals surface area contributed by atoms with E-state index in [-0.39, 0.29) is 12.1 Å². The van der Waals surface area contributed by atoms with Gasteiger partial charge in [0.1, 0.15) is 0 Å². The third-order valence-electron chi connectivity index (χ3n) is 3.99. The van der Waals surface area contributed by atoms with Crippen molar-refractivity contribution in [3.63, 3.8) is 0 Å². The molecule has 2 atom stereocenters. The first-order valence-electron chi connectivity index (χ1n) is 6.98. The minimum absolute atomic E-state index is 0.0761. The molecule has 18 heavy (non-hydrogen) atoms. The molecule has 0 aromatic carbocycles. The molecule has 1 aliphatic carbocycles. The van der Waals surface area contributed by atoms with E-state index in [0.717, 1.165) is 38.6 Å². The topological polar surface area (TPSA) is 61.4 Å². The second kappa shape index (κ2) is 5.86. The smallest absolute Gasteiger partial charge is 0.279 e. The molecule has 106 valence electrons. The van der Waals surface area contributed by atoms with Crippen LogP contribution < -0.4 is 10.0 Å². The summed E-state index contributed by atoms with van der Waals surface area (Å²) in [5.41, 5.74) is 0. The predicted molar refractivity (Wildman–Crippen MR) is 72.5 cm³/mol. The molecule has 6 heteroatoms. The van der Waals surface area contributed by atoms with Gasteiger partial charge in [-0.2, -0.15) is 17.4 Å². The Morgan fingerprint density at radius 1 is 1.28 bits per heavy atom. The maximum Gasteiger partial charge on any atom is 0.279 e. The number of nitrogens with one attached hydrogen (secondary N) is 2. The molecule has 2 N–H and O–H groups in total. The molecular formula is C12H25N3O2S. The van der Waals surface area contributed by atoms with E-state index >= 15 is 0 Å². The van der Waals surface area contributed by atoms with Crippen molar-refractivity contribution in [1.29, 1.82) is 0 Å². The second-order valence-electron chi connectivity index (χ2n) is 5.57. The number of nitrogens with zero attached hydrogens (tertiary/aromatic N) is 1. The summed E-state index contributed by atoms with van der Waals surface area (Å²) in [4.78, 5) is 0. The van der Waals surface area contributed by atoms with Gasteiger partial charge in [0.25, 0.3) is 10.2 Å². The van der Waals surface area contributed by atoms with Crippen molar-refractivity contribution >= 4 is 10.2 Å². The van der Waals surface area contributed by atoms with E-state index in [2.05, 4.69) is 10.0 Å². The van der Waals surface area contributed by atoms with Crippen LogP contribution in [-0.4, -0.2) is 44.9 Å². The van der Waals surface area contributed by atoms with Crippen molar-refractivity contribution in [3.05, 3.63) is 0 Å². The molecule has 1 saturated carbocycles. The Bertz CT molecular complexity index is 366. The maximum absolute atomic E-state index is 12.4. The highest BCUT2D eigenvalue weighted by molar-refractivity contribution is 7.87. The Balaban J connectivity index is 2.00. The lowest BCUT2D eigenvalue weighted by molar-refractivity contribution is 0.244. The summed E-state index contributed by atoms with van der Waals surface area (Å²) in [6, 6.07) is 0.180. The Morgan fingerprint density at radius 3 is 2.61 bits per heavy atom. The zero-order valence-electron chi connectivity index (χ0n) is 11.4. The molecule has 2 unspecified atom stereocenters. The van der Waals surface area contributed by atoms with Crippen LogP contribution in [0, 0.1) is 5.92 Å². The van der Waals surface area contributed by atoms with E-state index < -0.39 is 10.2 Å². The molecule has 2 rings (SSSR count). The molecule has 2 fully saturated rings. The van der Waals surface area contributed by atoms with Crippen molar-refractivity contribution in [3.8, 4) is 0 Å². The van der Waals surface area contributed by atoms with E-state index in [1.807, 2.05) is 14.0 Å². The normalized spacial score (nSPS) is 28.2. The quantitative estimate of drug-likeness (QED) is 0.750. The van der Waals surface area contributed by atoms with Crippen molar-refractivity contribution < 1.29 is 8.42 Å². The second-order valence-corrected chi connectivity index (χ2v) is 7.22. The molecule has 0 amide bonds. The van der Waals surface area contributed by atoms with Crippen LogP contribution in [0.3, 0.4) is 0 Å². The lowest BCUT2D eigenvalue weighted by Crippen LogP contribution is -2.53. The Morgan fingerprint density at radius 2 is 2.00 bits per heavy atom. The van der Waals surface area contributed by atoms with Gasteiger partial charge in [-0.15, -0.1) is 0 Å². The average molecular weight is 275 g/mol. The number of hydrogen-bond acceptors (Lipinski definition) is 3. The minimum atomic E-state index is -3.32. The highest BCUT2D eigenvalue weighted by Gasteiger charge is 2.36. The number of piperidine rings is 1. The first-order chi connectivity index (χ1) is 8.54. The minimum Gasteiger partial charge on any atom is -0.318 e. The zero-order chi connectivity index (χ0) is 13.2. The maximum atomic E-state index is 12.4. The predicted octanol–water partition coefficient (Wildman–Crippen LogP) is 0.693. The van der Waals surface area contributed by atoms with Crippen LogP contribution in [0.15, 0.2) is 0 Å². The molecule has 0 aromatic heterocycles. The Hall–Kier alpha value is -0.170. The van der Waals surface area contributed by atoms with Crippen LogP contribution in [0.25, 0.3) is 0 Å². The van der Waals surface area contributed by atoms with E-state index in [4.69, 9.17) is 0 Å². The Labute approximate surface area is 110 Å². The van der Waals surface area contributed by atoms with Crippen LogP contribution in [0.1, 0.15) is 39.0 Å². The van der Waals surface area contributed by atoms with E-state index in [1.165, 1.54) is 0 Å². The van der Waals surface area contributed by atoms with Crippen molar-refractivity contribution in [2.45, 2.75) is 51.1 Å². The molecule has 0 aromatic rings. The van der Waals surface area contributed by atoms with Crippen LogP contribution in [0.4, 0.5) is 0 Å². The van der Waals surface area contributed by atoms with E-state index in [9.17, 15) is 8.42 Å². The fraction of sp³-hybridized carbons (Fsp3) is 1.00.